The molecule has 0 aromatic heterocycles. The first kappa shape index (κ1) is 15.5. The maximum atomic E-state index is 12.8. The summed E-state index contributed by atoms with van der Waals surface area (Å²) in [7, 11) is 0. The largest absolute Gasteiger partial charge is 0.392 e. The molecular formula is C19H32O2. The fraction of sp³-hybridized carbons (Fsp3) is 0.947. The maximum Gasteiger partial charge on any atom is 0.137 e. The molecule has 0 aromatic rings. The molecule has 6 atom stereocenters. The van der Waals surface area contributed by atoms with Crippen LogP contribution in [-0.2, 0) is 4.79 Å². The molecule has 3 rings (SSSR count). The van der Waals surface area contributed by atoms with Crippen LogP contribution in [0.25, 0.3) is 0 Å². The molecule has 2 nitrogen and oxygen atoms in total. The third-order valence-corrected chi connectivity index (χ3v) is 8.05. The average Bonchev–Trinajstić information content (AvgIpc) is 2.78. The van der Waals surface area contributed by atoms with Gasteiger partial charge in [-0.1, -0.05) is 34.6 Å². The summed E-state index contributed by atoms with van der Waals surface area (Å²) in [6.45, 7) is 11.4. The van der Waals surface area contributed by atoms with Crippen molar-refractivity contribution in [2.45, 2.75) is 79.2 Å². The number of ketones is 1. The van der Waals surface area contributed by atoms with E-state index in [4.69, 9.17) is 0 Å². The van der Waals surface area contributed by atoms with Gasteiger partial charge in [0.1, 0.15) is 5.78 Å². The minimum absolute atomic E-state index is 0.0403. The molecule has 3 fully saturated rings. The molecule has 3 aliphatic carbocycles. The molecule has 2 heteroatoms. The quantitative estimate of drug-likeness (QED) is 0.726. The molecule has 0 heterocycles. The molecule has 0 aromatic carbocycles. The van der Waals surface area contributed by atoms with Crippen LogP contribution in [0.5, 0.6) is 0 Å². The SMILES string of the molecule is CC1CCC23CCC(=O)C2[C@]1(C)CCC(C)(C)[C@@H](O)[C@@H]3C. The van der Waals surface area contributed by atoms with Crippen molar-refractivity contribution in [2.75, 3.05) is 0 Å². The van der Waals surface area contributed by atoms with Crippen molar-refractivity contribution in [3.05, 3.63) is 0 Å². The van der Waals surface area contributed by atoms with Crippen LogP contribution in [-0.4, -0.2) is 17.0 Å². The number of Topliss-reactive ketones (excluding diaryl/α,β-unsaturated/α-hetero) is 1. The number of carbonyl (C=O) groups excluding carboxylic acids is 1. The summed E-state index contributed by atoms with van der Waals surface area (Å²) in [4.78, 5) is 12.8. The van der Waals surface area contributed by atoms with E-state index in [1.165, 1.54) is 6.42 Å². The van der Waals surface area contributed by atoms with Crippen LogP contribution in [0.3, 0.4) is 0 Å². The lowest BCUT2D eigenvalue weighted by Crippen LogP contribution is -2.57. The third kappa shape index (κ3) is 1.90. The van der Waals surface area contributed by atoms with Gasteiger partial charge in [0.2, 0.25) is 0 Å². The van der Waals surface area contributed by atoms with Crippen molar-refractivity contribution < 1.29 is 9.90 Å². The van der Waals surface area contributed by atoms with E-state index in [-0.39, 0.29) is 34.2 Å². The predicted molar refractivity (Wildman–Crippen MR) is 84.9 cm³/mol. The molecule has 120 valence electrons. The molecule has 21 heavy (non-hydrogen) atoms. The van der Waals surface area contributed by atoms with Crippen LogP contribution in [0.15, 0.2) is 0 Å². The molecule has 0 aliphatic heterocycles. The van der Waals surface area contributed by atoms with Crippen LogP contribution in [0.2, 0.25) is 0 Å². The van der Waals surface area contributed by atoms with Crippen LogP contribution in [0, 0.1) is 34.0 Å². The number of rotatable bonds is 0. The van der Waals surface area contributed by atoms with E-state index >= 15 is 0 Å². The Kier molecular flexibility index (Phi) is 3.37. The number of carbonyl (C=O) groups is 1. The van der Waals surface area contributed by atoms with Gasteiger partial charge in [0.15, 0.2) is 0 Å². The standard InChI is InChI=1S/C19H32O2/c1-12-6-8-19-9-7-14(20)15(19)18(12,5)11-10-17(3,4)16(21)13(19)2/h12-13,15-16,21H,6-11H2,1-5H3/t12?,13-,15?,16-,18+,19?/m0/s1. The summed E-state index contributed by atoms with van der Waals surface area (Å²) >= 11 is 0. The van der Waals surface area contributed by atoms with E-state index in [0.29, 0.717) is 11.7 Å². The van der Waals surface area contributed by atoms with Crippen LogP contribution in [0.1, 0.15) is 73.1 Å². The minimum atomic E-state index is -0.288. The van der Waals surface area contributed by atoms with Gasteiger partial charge in [-0.05, 0) is 60.2 Å². The lowest BCUT2D eigenvalue weighted by Gasteiger charge is -2.60. The highest BCUT2D eigenvalue weighted by Crippen LogP contribution is 2.67. The zero-order valence-electron chi connectivity index (χ0n) is 14.4. The van der Waals surface area contributed by atoms with E-state index in [2.05, 4.69) is 34.6 Å². The fourth-order valence-corrected chi connectivity index (χ4v) is 6.20. The van der Waals surface area contributed by atoms with Gasteiger partial charge in [-0.15, -0.1) is 0 Å². The highest BCUT2D eigenvalue weighted by molar-refractivity contribution is 5.85. The minimum Gasteiger partial charge on any atom is -0.392 e. The second-order valence-corrected chi connectivity index (χ2v) is 9.30. The van der Waals surface area contributed by atoms with Gasteiger partial charge in [-0.3, -0.25) is 4.79 Å². The van der Waals surface area contributed by atoms with Gasteiger partial charge in [0.25, 0.3) is 0 Å². The summed E-state index contributed by atoms with van der Waals surface area (Å²) in [5.41, 5.74) is 0.161. The molecule has 0 spiro atoms. The van der Waals surface area contributed by atoms with Crippen molar-refractivity contribution in [3.8, 4) is 0 Å². The maximum absolute atomic E-state index is 12.8. The molecular weight excluding hydrogens is 260 g/mol. The van der Waals surface area contributed by atoms with Gasteiger partial charge in [-0.2, -0.15) is 0 Å². The molecule has 1 N–H and O–H groups in total. The smallest absolute Gasteiger partial charge is 0.137 e. The summed E-state index contributed by atoms with van der Waals surface area (Å²) in [6, 6.07) is 0. The van der Waals surface area contributed by atoms with E-state index in [1.54, 1.807) is 0 Å². The first-order valence-electron chi connectivity index (χ1n) is 8.86. The first-order chi connectivity index (χ1) is 9.65. The van der Waals surface area contributed by atoms with Crippen LogP contribution < -0.4 is 0 Å². The monoisotopic (exact) mass is 292 g/mol. The molecule has 3 saturated carbocycles. The molecule has 0 saturated heterocycles. The second-order valence-electron chi connectivity index (χ2n) is 9.30. The Morgan fingerprint density at radius 1 is 1.05 bits per heavy atom. The Labute approximate surface area is 129 Å². The Hall–Kier alpha value is -0.370. The van der Waals surface area contributed by atoms with Gasteiger partial charge in [0.05, 0.1) is 6.10 Å². The fourth-order valence-electron chi connectivity index (χ4n) is 6.20. The molecule has 3 unspecified atom stereocenters. The van der Waals surface area contributed by atoms with Crippen molar-refractivity contribution in [2.24, 2.45) is 34.0 Å². The number of hydrogen-bond acceptors (Lipinski definition) is 2. The van der Waals surface area contributed by atoms with E-state index in [1.807, 2.05) is 0 Å². The lowest BCUT2D eigenvalue weighted by molar-refractivity contribution is -0.162. The topological polar surface area (TPSA) is 37.3 Å². The second kappa shape index (κ2) is 4.57. The molecule has 0 amide bonds. The summed E-state index contributed by atoms with van der Waals surface area (Å²) in [6.07, 6.45) is 5.93. The molecule has 3 aliphatic rings. The predicted octanol–water partition coefficient (Wildman–Crippen LogP) is 4.21. The first-order valence-corrected chi connectivity index (χ1v) is 8.86. The van der Waals surface area contributed by atoms with Crippen LogP contribution in [0.4, 0.5) is 0 Å². The van der Waals surface area contributed by atoms with Crippen molar-refractivity contribution in [3.63, 3.8) is 0 Å². The van der Waals surface area contributed by atoms with Gasteiger partial charge in [-0.25, -0.2) is 0 Å². The number of aliphatic hydroxyl groups is 1. The van der Waals surface area contributed by atoms with Crippen molar-refractivity contribution in [1.29, 1.82) is 0 Å². The Morgan fingerprint density at radius 2 is 1.71 bits per heavy atom. The zero-order valence-corrected chi connectivity index (χ0v) is 14.4. The van der Waals surface area contributed by atoms with Gasteiger partial charge >= 0.3 is 0 Å². The Morgan fingerprint density at radius 3 is 2.38 bits per heavy atom. The highest BCUT2D eigenvalue weighted by Gasteiger charge is 2.64. The Balaban J connectivity index is 2.14. The average molecular weight is 292 g/mol. The van der Waals surface area contributed by atoms with Crippen molar-refractivity contribution in [1.82, 2.24) is 0 Å². The van der Waals surface area contributed by atoms with Gasteiger partial charge in [0, 0.05) is 12.3 Å². The molecule has 2 bridgehead atoms. The van der Waals surface area contributed by atoms with Crippen LogP contribution >= 0.6 is 0 Å². The summed E-state index contributed by atoms with van der Waals surface area (Å²) in [5, 5.41) is 11.0. The van der Waals surface area contributed by atoms with E-state index in [9.17, 15) is 9.90 Å². The van der Waals surface area contributed by atoms with Gasteiger partial charge < -0.3 is 5.11 Å². The zero-order chi connectivity index (χ0) is 15.6. The Bertz CT molecular complexity index is 454. The van der Waals surface area contributed by atoms with E-state index in [0.717, 1.165) is 32.1 Å². The number of aliphatic hydroxyl groups excluding tert-OH is 1. The summed E-state index contributed by atoms with van der Waals surface area (Å²) < 4.78 is 0. The lowest BCUT2D eigenvalue weighted by atomic mass is 9.45. The van der Waals surface area contributed by atoms with Crippen molar-refractivity contribution >= 4 is 5.78 Å². The highest BCUT2D eigenvalue weighted by atomic mass is 16.3. The third-order valence-electron chi connectivity index (χ3n) is 8.05. The normalized spacial score (nSPS) is 53.0. The molecule has 0 radical (unpaired) electrons. The van der Waals surface area contributed by atoms with E-state index < -0.39 is 0 Å². The summed E-state index contributed by atoms with van der Waals surface area (Å²) in [5.74, 6) is 1.53. The number of hydrogen-bond donors (Lipinski definition) is 1.